The molecule has 1 aliphatic carbocycles. The Morgan fingerprint density at radius 3 is 2.89 bits per heavy atom. The average Bonchev–Trinajstić information content (AvgIpc) is 2.45. The van der Waals surface area contributed by atoms with Gasteiger partial charge in [0, 0.05) is 6.04 Å². The standard InChI is InChI=1S/C15H20N2O/c1-17-14-8-4-5-9-15(14)18-11-13-7-3-2-6-12(13)10-16/h2-3,6-7,14-15,17H,4-5,8-9,11H2,1H3. The van der Waals surface area contributed by atoms with Gasteiger partial charge >= 0.3 is 0 Å². The second kappa shape index (κ2) is 6.53. The SMILES string of the molecule is CNC1CCCCC1OCc1ccccc1C#N. The van der Waals surface area contributed by atoms with E-state index in [1.165, 1.54) is 19.3 Å². The Labute approximate surface area is 109 Å². The Kier molecular flexibility index (Phi) is 4.74. The molecule has 1 saturated carbocycles. The molecule has 0 bridgehead atoms. The van der Waals surface area contributed by atoms with Crippen molar-refractivity contribution in [2.24, 2.45) is 0 Å². The van der Waals surface area contributed by atoms with Gasteiger partial charge in [-0.25, -0.2) is 0 Å². The van der Waals surface area contributed by atoms with Crippen LogP contribution in [-0.4, -0.2) is 19.2 Å². The maximum atomic E-state index is 9.04. The van der Waals surface area contributed by atoms with Gasteiger partial charge in [-0.1, -0.05) is 31.0 Å². The van der Waals surface area contributed by atoms with Crippen LogP contribution >= 0.6 is 0 Å². The van der Waals surface area contributed by atoms with Gasteiger partial charge in [0.15, 0.2) is 0 Å². The van der Waals surface area contributed by atoms with E-state index in [1.54, 1.807) is 0 Å². The fourth-order valence-electron chi connectivity index (χ4n) is 2.58. The van der Waals surface area contributed by atoms with E-state index in [0.717, 1.165) is 12.0 Å². The molecule has 0 radical (unpaired) electrons. The summed E-state index contributed by atoms with van der Waals surface area (Å²) >= 11 is 0. The minimum Gasteiger partial charge on any atom is -0.372 e. The Balaban J connectivity index is 1.96. The number of likely N-dealkylation sites (N-methyl/N-ethyl adjacent to an activating group) is 1. The van der Waals surface area contributed by atoms with Gasteiger partial charge in [0.1, 0.15) is 0 Å². The van der Waals surface area contributed by atoms with Crippen molar-refractivity contribution < 1.29 is 4.74 Å². The summed E-state index contributed by atoms with van der Waals surface area (Å²) < 4.78 is 6.00. The highest BCUT2D eigenvalue weighted by Gasteiger charge is 2.24. The number of nitriles is 1. The highest BCUT2D eigenvalue weighted by molar-refractivity contribution is 5.36. The Morgan fingerprint density at radius 1 is 1.33 bits per heavy atom. The van der Waals surface area contributed by atoms with E-state index in [2.05, 4.69) is 11.4 Å². The maximum absolute atomic E-state index is 9.04. The smallest absolute Gasteiger partial charge is 0.0995 e. The third-order valence-electron chi connectivity index (χ3n) is 3.66. The Bertz CT molecular complexity index is 425. The number of ether oxygens (including phenoxy) is 1. The van der Waals surface area contributed by atoms with Crippen molar-refractivity contribution in [2.75, 3.05) is 7.05 Å². The van der Waals surface area contributed by atoms with E-state index < -0.39 is 0 Å². The molecule has 1 N–H and O–H groups in total. The first-order chi connectivity index (χ1) is 8.85. The van der Waals surface area contributed by atoms with E-state index >= 15 is 0 Å². The van der Waals surface area contributed by atoms with Crippen LogP contribution in [0.3, 0.4) is 0 Å². The zero-order valence-corrected chi connectivity index (χ0v) is 10.9. The van der Waals surface area contributed by atoms with E-state index in [9.17, 15) is 0 Å². The minimum atomic E-state index is 0.274. The summed E-state index contributed by atoms with van der Waals surface area (Å²) in [4.78, 5) is 0. The number of nitrogens with zero attached hydrogens (tertiary/aromatic N) is 1. The zero-order valence-electron chi connectivity index (χ0n) is 10.9. The summed E-state index contributed by atoms with van der Waals surface area (Å²) in [5.41, 5.74) is 1.70. The van der Waals surface area contributed by atoms with Crippen molar-refractivity contribution in [3.05, 3.63) is 35.4 Å². The van der Waals surface area contributed by atoms with Gasteiger partial charge in [0.2, 0.25) is 0 Å². The van der Waals surface area contributed by atoms with Crippen LogP contribution in [0, 0.1) is 11.3 Å². The summed E-state index contributed by atoms with van der Waals surface area (Å²) in [6.45, 7) is 0.534. The lowest BCUT2D eigenvalue weighted by atomic mass is 9.92. The minimum absolute atomic E-state index is 0.274. The van der Waals surface area contributed by atoms with Crippen molar-refractivity contribution in [1.29, 1.82) is 5.26 Å². The number of hydrogen-bond acceptors (Lipinski definition) is 3. The molecular formula is C15H20N2O. The second-order valence-electron chi connectivity index (χ2n) is 4.80. The summed E-state index contributed by atoms with van der Waals surface area (Å²) in [7, 11) is 2.00. The molecule has 96 valence electrons. The monoisotopic (exact) mass is 244 g/mol. The van der Waals surface area contributed by atoms with Crippen molar-refractivity contribution in [3.8, 4) is 6.07 Å². The van der Waals surface area contributed by atoms with E-state index in [0.29, 0.717) is 18.2 Å². The highest BCUT2D eigenvalue weighted by atomic mass is 16.5. The van der Waals surface area contributed by atoms with E-state index in [-0.39, 0.29) is 6.10 Å². The number of nitrogens with one attached hydrogen (secondary N) is 1. The highest BCUT2D eigenvalue weighted by Crippen LogP contribution is 2.22. The fourth-order valence-corrected chi connectivity index (χ4v) is 2.58. The molecule has 3 heteroatoms. The van der Waals surface area contributed by atoms with Crippen LogP contribution in [0.4, 0.5) is 0 Å². The molecule has 0 amide bonds. The molecule has 1 aliphatic rings. The van der Waals surface area contributed by atoms with Gasteiger partial charge in [-0.15, -0.1) is 0 Å². The van der Waals surface area contributed by atoms with Crippen LogP contribution in [0.5, 0.6) is 0 Å². The van der Waals surface area contributed by atoms with Gasteiger partial charge in [-0.05, 0) is 31.5 Å². The maximum Gasteiger partial charge on any atom is 0.0995 e. The largest absolute Gasteiger partial charge is 0.372 e. The molecule has 0 aromatic heterocycles. The molecule has 1 fully saturated rings. The molecule has 0 saturated heterocycles. The van der Waals surface area contributed by atoms with Crippen molar-refractivity contribution in [2.45, 2.75) is 44.4 Å². The topological polar surface area (TPSA) is 45.0 Å². The predicted molar refractivity (Wildman–Crippen MR) is 71.0 cm³/mol. The van der Waals surface area contributed by atoms with Gasteiger partial charge in [0.05, 0.1) is 24.3 Å². The van der Waals surface area contributed by atoms with Gasteiger partial charge in [-0.2, -0.15) is 5.26 Å². The number of benzene rings is 1. The predicted octanol–water partition coefficient (Wildman–Crippen LogP) is 2.61. The van der Waals surface area contributed by atoms with Crippen LogP contribution in [0.2, 0.25) is 0 Å². The van der Waals surface area contributed by atoms with Crippen molar-refractivity contribution in [1.82, 2.24) is 5.32 Å². The van der Waals surface area contributed by atoms with Crippen molar-refractivity contribution >= 4 is 0 Å². The molecule has 2 atom stereocenters. The molecule has 18 heavy (non-hydrogen) atoms. The summed E-state index contributed by atoms with van der Waals surface area (Å²) in [6.07, 6.45) is 5.08. The average molecular weight is 244 g/mol. The van der Waals surface area contributed by atoms with Gasteiger partial charge in [0.25, 0.3) is 0 Å². The number of hydrogen-bond donors (Lipinski definition) is 1. The lowest BCUT2D eigenvalue weighted by molar-refractivity contribution is -0.00369. The van der Waals surface area contributed by atoms with Crippen LogP contribution in [0.25, 0.3) is 0 Å². The quantitative estimate of drug-likeness (QED) is 0.885. The first kappa shape index (κ1) is 13.1. The van der Waals surface area contributed by atoms with Crippen LogP contribution in [0.15, 0.2) is 24.3 Å². The zero-order chi connectivity index (χ0) is 12.8. The summed E-state index contributed by atoms with van der Waals surface area (Å²) in [5, 5.41) is 12.4. The van der Waals surface area contributed by atoms with Crippen LogP contribution in [0.1, 0.15) is 36.8 Å². The Hall–Kier alpha value is -1.37. The lowest BCUT2D eigenvalue weighted by Crippen LogP contribution is -2.41. The third-order valence-corrected chi connectivity index (χ3v) is 3.66. The first-order valence-corrected chi connectivity index (χ1v) is 6.62. The van der Waals surface area contributed by atoms with Gasteiger partial charge < -0.3 is 10.1 Å². The molecule has 3 nitrogen and oxygen atoms in total. The molecule has 0 aliphatic heterocycles. The molecule has 1 aromatic carbocycles. The van der Waals surface area contributed by atoms with Crippen molar-refractivity contribution in [3.63, 3.8) is 0 Å². The van der Waals surface area contributed by atoms with Crippen LogP contribution < -0.4 is 5.32 Å². The Morgan fingerprint density at radius 2 is 2.11 bits per heavy atom. The fraction of sp³-hybridized carbons (Fsp3) is 0.533. The molecule has 0 heterocycles. The molecule has 1 aromatic rings. The lowest BCUT2D eigenvalue weighted by Gasteiger charge is -2.31. The molecular weight excluding hydrogens is 224 g/mol. The van der Waals surface area contributed by atoms with Crippen LogP contribution in [-0.2, 0) is 11.3 Å². The third kappa shape index (κ3) is 3.10. The second-order valence-corrected chi connectivity index (χ2v) is 4.80. The summed E-state index contributed by atoms with van der Waals surface area (Å²) in [6, 6.07) is 10.3. The number of rotatable bonds is 4. The first-order valence-electron chi connectivity index (χ1n) is 6.62. The van der Waals surface area contributed by atoms with Gasteiger partial charge in [-0.3, -0.25) is 0 Å². The normalized spacial score (nSPS) is 23.6. The molecule has 0 spiro atoms. The van der Waals surface area contributed by atoms with E-state index in [4.69, 9.17) is 10.00 Å². The molecule has 2 rings (SSSR count). The molecule has 2 unspecified atom stereocenters. The van der Waals surface area contributed by atoms with E-state index in [1.807, 2.05) is 31.3 Å². The summed E-state index contributed by atoms with van der Waals surface area (Å²) in [5.74, 6) is 0.